The molecule has 1 unspecified atom stereocenters. The Morgan fingerprint density at radius 1 is 1.15 bits per heavy atom. The highest BCUT2D eigenvalue weighted by molar-refractivity contribution is 7.94. The second-order valence-corrected chi connectivity index (χ2v) is 10.7. The normalized spacial score (nSPS) is 16.9. The van der Waals surface area contributed by atoms with Gasteiger partial charge in [0.05, 0.1) is 18.1 Å². The summed E-state index contributed by atoms with van der Waals surface area (Å²) in [6.45, 7) is 1.83. The number of sulfone groups is 1. The largest absolute Gasteiger partial charge is 0.464 e. The zero-order valence-corrected chi connectivity index (χ0v) is 19.7. The maximum Gasteiger partial charge on any atom is 0.339 e. The summed E-state index contributed by atoms with van der Waals surface area (Å²) in [5.74, 6) is -0.479. The first kappa shape index (κ1) is 22.4. The molecule has 5 rings (SSSR count). The number of benzene rings is 2. The fourth-order valence-corrected chi connectivity index (χ4v) is 5.60. The first-order valence-electron chi connectivity index (χ1n) is 10.6. The molecule has 0 saturated carbocycles. The van der Waals surface area contributed by atoms with Gasteiger partial charge < -0.3 is 14.2 Å². The molecule has 1 amide bonds. The standard InChI is InChI=1S/C25H20ClNO6S/c1-14-18(6-7-24(28)27-17-8-9-34(30,31)13-17)25(29)33-23-11-22-20(10-19(14)23)21(12-32-22)15-2-4-16(26)5-3-15/h2-5,8-12,17H,6-7,13H2,1H3,(H,27,28). The summed E-state index contributed by atoms with van der Waals surface area (Å²) in [4.78, 5) is 25.0. The van der Waals surface area contributed by atoms with E-state index in [-0.39, 0.29) is 24.5 Å². The van der Waals surface area contributed by atoms with Gasteiger partial charge in [0.15, 0.2) is 9.84 Å². The van der Waals surface area contributed by atoms with Crippen LogP contribution in [0.3, 0.4) is 0 Å². The molecule has 0 fully saturated rings. The van der Waals surface area contributed by atoms with Crippen LogP contribution in [-0.4, -0.2) is 26.1 Å². The van der Waals surface area contributed by atoms with E-state index < -0.39 is 21.5 Å². The minimum absolute atomic E-state index is 0.0332. The lowest BCUT2D eigenvalue weighted by Gasteiger charge is -2.11. The second kappa shape index (κ2) is 8.45. The van der Waals surface area contributed by atoms with Gasteiger partial charge >= 0.3 is 5.63 Å². The number of amides is 1. The summed E-state index contributed by atoms with van der Waals surface area (Å²) in [7, 11) is -3.26. The van der Waals surface area contributed by atoms with Crippen molar-refractivity contribution in [2.24, 2.45) is 0 Å². The number of carbonyl (C=O) groups is 1. The number of rotatable bonds is 5. The van der Waals surface area contributed by atoms with Gasteiger partial charge in [-0.15, -0.1) is 0 Å². The number of aryl methyl sites for hydroxylation is 1. The molecule has 0 aliphatic carbocycles. The SMILES string of the molecule is Cc1c(CCC(=O)NC2C=CS(=O)(=O)C2)c(=O)oc2cc3occ(-c4ccc(Cl)cc4)c3cc12. The van der Waals surface area contributed by atoms with Gasteiger partial charge in [0, 0.05) is 44.8 Å². The smallest absolute Gasteiger partial charge is 0.339 e. The molecule has 0 spiro atoms. The third kappa shape index (κ3) is 4.26. The lowest BCUT2D eigenvalue weighted by molar-refractivity contribution is -0.121. The van der Waals surface area contributed by atoms with Crippen molar-refractivity contribution in [3.8, 4) is 11.1 Å². The molecule has 0 radical (unpaired) electrons. The van der Waals surface area contributed by atoms with Crippen molar-refractivity contribution in [2.75, 3.05) is 5.75 Å². The molecule has 3 heterocycles. The number of hydrogen-bond donors (Lipinski definition) is 1. The molecule has 1 aliphatic rings. The van der Waals surface area contributed by atoms with Crippen molar-refractivity contribution in [1.29, 1.82) is 0 Å². The van der Waals surface area contributed by atoms with Gasteiger partial charge in [-0.3, -0.25) is 4.79 Å². The van der Waals surface area contributed by atoms with Crippen molar-refractivity contribution in [1.82, 2.24) is 5.32 Å². The van der Waals surface area contributed by atoms with Gasteiger partial charge in [-0.25, -0.2) is 13.2 Å². The van der Waals surface area contributed by atoms with Crippen molar-refractivity contribution in [3.05, 3.63) is 80.7 Å². The van der Waals surface area contributed by atoms with E-state index in [2.05, 4.69) is 5.32 Å². The minimum atomic E-state index is -3.26. The Hall–Kier alpha value is -3.36. The van der Waals surface area contributed by atoms with Gasteiger partial charge in [-0.1, -0.05) is 23.7 Å². The van der Waals surface area contributed by atoms with Gasteiger partial charge in [-0.2, -0.15) is 0 Å². The summed E-state index contributed by atoms with van der Waals surface area (Å²) in [6.07, 6.45) is 3.32. The van der Waals surface area contributed by atoms with E-state index >= 15 is 0 Å². The zero-order chi connectivity index (χ0) is 24.0. The number of carbonyl (C=O) groups excluding carboxylic acids is 1. The molecule has 7 nitrogen and oxygen atoms in total. The van der Waals surface area contributed by atoms with Crippen LogP contribution in [0.1, 0.15) is 17.5 Å². The predicted molar refractivity (Wildman–Crippen MR) is 131 cm³/mol. The maximum atomic E-state index is 12.7. The first-order chi connectivity index (χ1) is 16.2. The lowest BCUT2D eigenvalue weighted by Crippen LogP contribution is -2.35. The van der Waals surface area contributed by atoms with Gasteiger partial charge in [-0.05, 0) is 48.7 Å². The Balaban J connectivity index is 1.44. The van der Waals surface area contributed by atoms with Crippen LogP contribution in [0.2, 0.25) is 5.02 Å². The van der Waals surface area contributed by atoms with Crippen molar-refractivity contribution < 1.29 is 22.0 Å². The fourth-order valence-electron chi connectivity index (χ4n) is 4.24. The lowest BCUT2D eigenvalue weighted by atomic mass is 9.99. The van der Waals surface area contributed by atoms with Crippen LogP contribution in [0.15, 0.2) is 67.8 Å². The van der Waals surface area contributed by atoms with Gasteiger partial charge in [0.1, 0.15) is 11.2 Å². The zero-order valence-electron chi connectivity index (χ0n) is 18.1. The third-order valence-corrected chi connectivity index (χ3v) is 7.66. The molecule has 0 saturated heterocycles. The Morgan fingerprint density at radius 2 is 1.91 bits per heavy atom. The molecular weight excluding hydrogens is 478 g/mol. The average molecular weight is 498 g/mol. The minimum Gasteiger partial charge on any atom is -0.464 e. The maximum absolute atomic E-state index is 12.7. The molecule has 1 atom stereocenters. The molecule has 1 aliphatic heterocycles. The molecular formula is C25H20ClNO6S. The summed E-state index contributed by atoms with van der Waals surface area (Å²) in [6, 6.07) is 10.5. The predicted octanol–water partition coefficient (Wildman–Crippen LogP) is 4.53. The molecule has 2 aromatic heterocycles. The van der Waals surface area contributed by atoms with E-state index in [1.54, 1.807) is 24.5 Å². The van der Waals surface area contributed by atoms with Crippen LogP contribution in [0.4, 0.5) is 0 Å². The van der Waals surface area contributed by atoms with E-state index in [4.69, 9.17) is 20.4 Å². The quantitative estimate of drug-likeness (QED) is 0.406. The van der Waals surface area contributed by atoms with Crippen LogP contribution >= 0.6 is 11.6 Å². The molecule has 34 heavy (non-hydrogen) atoms. The number of hydrogen-bond acceptors (Lipinski definition) is 6. The first-order valence-corrected chi connectivity index (χ1v) is 12.7. The van der Waals surface area contributed by atoms with Gasteiger partial charge in [0.25, 0.3) is 0 Å². The van der Waals surface area contributed by atoms with Crippen LogP contribution in [0, 0.1) is 6.92 Å². The van der Waals surface area contributed by atoms with Crippen LogP contribution in [0.25, 0.3) is 33.1 Å². The number of furan rings is 1. The van der Waals surface area contributed by atoms with E-state index in [0.717, 1.165) is 32.9 Å². The Morgan fingerprint density at radius 3 is 2.62 bits per heavy atom. The highest BCUT2D eigenvalue weighted by Crippen LogP contribution is 2.35. The molecule has 4 aromatic rings. The summed E-state index contributed by atoms with van der Waals surface area (Å²) < 4.78 is 34.3. The molecule has 1 N–H and O–H groups in total. The Bertz CT molecular complexity index is 1630. The van der Waals surface area contributed by atoms with Crippen molar-refractivity contribution in [2.45, 2.75) is 25.8 Å². The summed E-state index contributed by atoms with van der Waals surface area (Å²) in [5, 5.41) is 6.03. The third-order valence-electron chi connectivity index (χ3n) is 6.02. The second-order valence-electron chi connectivity index (χ2n) is 8.33. The van der Waals surface area contributed by atoms with E-state index in [0.29, 0.717) is 21.8 Å². The number of fused-ring (bicyclic) bond motifs is 2. The average Bonchev–Trinajstić information content (AvgIpc) is 3.35. The topological polar surface area (TPSA) is 107 Å². The van der Waals surface area contributed by atoms with Crippen LogP contribution in [0.5, 0.6) is 0 Å². The van der Waals surface area contributed by atoms with E-state index in [1.165, 1.54) is 6.08 Å². The Kier molecular flexibility index (Phi) is 5.58. The van der Waals surface area contributed by atoms with E-state index in [9.17, 15) is 18.0 Å². The summed E-state index contributed by atoms with van der Waals surface area (Å²) >= 11 is 6.01. The monoisotopic (exact) mass is 497 g/mol. The van der Waals surface area contributed by atoms with E-state index in [1.807, 2.05) is 25.1 Å². The number of nitrogens with one attached hydrogen (secondary N) is 1. The van der Waals surface area contributed by atoms with Crippen molar-refractivity contribution in [3.63, 3.8) is 0 Å². The van der Waals surface area contributed by atoms with Gasteiger partial charge in [0.2, 0.25) is 5.91 Å². The van der Waals surface area contributed by atoms with Crippen LogP contribution < -0.4 is 10.9 Å². The molecule has 0 bridgehead atoms. The summed E-state index contributed by atoms with van der Waals surface area (Å²) in [5.41, 5.74) is 3.45. The highest BCUT2D eigenvalue weighted by atomic mass is 35.5. The highest BCUT2D eigenvalue weighted by Gasteiger charge is 2.23. The Labute approximate surface area is 199 Å². The molecule has 9 heteroatoms. The molecule has 174 valence electrons. The van der Waals surface area contributed by atoms with Crippen molar-refractivity contribution >= 4 is 49.3 Å². The fraction of sp³-hybridized carbons (Fsp3) is 0.200. The number of halogens is 1. The van der Waals surface area contributed by atoms with Crippen LogP contribution in [-0.2, 0) is 21.1 Å². The molecule has 2 aromatic carbocycles.